The van der Waals surface area contributed by atoms with Crippen LogP contribution in [0, 0.1) is 0 Å². The Kier molecular flexibility index (Phi) is 4.60. The van der Waals surface area contributed by atoms with E-state index in [1.807, 2.05) is 36.4 Å². The SMILES string of the molecule is COC(=O)CC1Nc2cccnc2[SH](Cc2nc3ccccc3s2)C1=O. The van der Waals surface area contributed by atoms with Crippen molar-refractivity contribution in [1.29, 1.82) is 0 Å². The summed E-state index contributed by atoms with van der Waals surface area (Å²) >= 11 is 1.60. The molecule has 3 heterocycles. The number of benzene rings is 1. The number of pyridine rings is 1. The van der Waals surface area contributed by atoms with Crippen molar-refractivity contribution in [3.63, 3.8) is 0 Å². The molecule has 0 fully saturated rings. The number of esters is 1. The topological polar surface area (TPSA) is 81.2 Å². The number of rotatable bonds is 4. The molecule has 8 heteroatoms. The zero-order valence-corrected chi connectivity index (χ0v) is 15.7. The molecule has 2 unspecified atom stereocenters. The molecule has 0 saturated carbocycles. The molecule has 134 valence electrons. The number of nitrogens with zero attached hydrogens (tertiary/aromatic N) is 2. The van der Waals surface area contributed by atoms with Crippen LogP contribution in [0.3, 0.4) is 0 Å². The van der Waals surface area contributed by atoms with E-state index in [-0.39, 0.29) is 11.5 Å². The van der Waals surface area contributed by atoms with Gasteiger partial charge in [-0.2, -0.15) is 0 Å². The van der Waals surface area contributed by atoms with E-state index in [2.05, 4.69) is 15.3 Å². The third-order valence-corrected chi connectivity index (χ3v) is 7.74. The summed E-state index contributed by atoms with van der Waals surface area (Å²) in [6.07, 6.45) is 1.71. The number of nitrogens with one attached hydrogen (secondary N) is 1. The number of carbonyl (C=O) groups is 2. The standard InChI is InChI=1S/C18H17N3O3S2/c1-24-16(22)9-13-18(23)26(17-12(20-13)6-4-8-19-17)10-15-21-11-5-2-3-7-14(11)25-15/h2-8,13,20,26H,9-10H2,1H3. The van der Waals surface area contributed by atoms with E-state index in [0.717, 1.165) is 25.9 Å². The minimum atomic E-state index is -1.21. The van der Waals surface area contributed by atoms with Crippen LogP contribution >= 0.6 is 22.2 Å². The molecular formula is C18H17N3O3S2. The highest BCUT2D eigenvalue weighted by atomic mass is 32.2. The van der Waals surface area contributed by atoms with Gasteiger partial charge in [0.1, 0.15) is 16.1 Å². The summed E-state index contributed by atoms with van der Waals surface area (Å²) in [7, 11) is 0.119. The fourth-order valence-corrected chi connectivity index (χ4v) is 6.36. The maximum Gasteiger partial charge on any atom is 0.308 e. The molecule has 0 spiro atoms. The van der Waals surface area contributed by atoms with Gasteiger partial charge >= 0.3 is 5.97 Å². The number of thiazole rings is 1. The molecule has 3 aromatic rings. The van der Waals surface area contributed by atoms with Crippen LogP contribution in [-0.2, 0) is 20.1 Å². The monoisotopic (exact) mass is 387 g/mol. The van der Waals surface area contributed by atoms with Crippen LogP contribution in [0.2, 0.25) is 0 Å². The van der Waals surface area contributed by atoms with E-state index in [0.29, 0.717) is 5.75 Å². The lowest BCUT2D eigenvalue weighted by molar-refractivity contribution is -0.141. The van der Waals surface area contributed by atoms with Crippen molar-refractivity contribution in [1.82, 2.24) is 9.97 Å². The van der Waals surface area contributed by atoms with Crippen molar-refractivity contribution in [2.45, 2.75) is 23.2 Å². The number of methoxy groups -OCH3 is 1. The number of hydrogen-bond acceptors (Lipinski definition) is 7. The van der Waals surface area contributed by atoms with Gasteiger partial charge in [-0.15, -0.1) is 22.2 Å². The second-order valence-electron chi connectivity index (χ2n) is 5.85. The fraction of sp³-hybridized carbons (Fsp3) is 0.222. The highest BCUT2D eigenvalue weighted by molar-refractivity contribution is 8.29. The van der Waals surface area contributed by atoms with E-state index < -0.39 is 22.9 Å². The number of carbonyl (C=O) groups excluding carboxylic acids is 2. The molecule has 0 radical (unpaired) electrons. The molecule has 4 rings (SSSR count). The number of thiol groups is 1. The molecule has 0 amide bonds. The normalized spacial score (nSPS) is 20.4. The van der Waals surface area contributed by atoms with Crippen LogP contribution in [0.1, 0.15) is 11.4 Å². The van der Waals surface area contributed by atoms with Gasteiger partial charge in [0.15, 0.2) is 5.12 Å². The van der Waals surface area contributed by atoms with Crippen LogP contribution in [0.25, 0.3) is 10.2 Å². The highest BCUT2D eigenvalue weighted by Gasteiger charge is 2.35. The summed E-state index contributed by atoms with van der Waals surface area (Å²) in [4.78, 5) is 33.8. The second kappa shape index (κ2) is 7.05. The van der Waals surface area contributed by atoms with Gasteiger partial charge in [-0.05, 0) is 24.3 Å². The van der Waals surface area contributed by atoms with Gasteiger partial charge in [0, 0.05) is 11.9 Å². The van der Waals surface area contributed by atoms with Gasteiger partial charge < -0.3 is 10.1 Å². The third-order valence-electron chi connectivity index (χ3n) is 4.17. The predicted octanol–water partition coefficient (Wildman–Crippen LogP) is 3.14. The van der Waals surface area contributed by atoms with Crippen LogP contribution in [-0.4, -0.2) is 34.2 Å². The summed E-state index contributed by atoms with van der Waals surface area (Å²) < 4.78 is 5.84. The first-order chi connectivity index (χ1) is 12.7. The molecule has 0 aliphatic carbocycles. The average molecular weight is 387 g/mol. The van der Waals surface area contributed by atoms with E-state index in [1.165, 1.54) is 7.11 Å². The minimum Gasteiger partial charge on any atom is -0.469 e. The Morgan fingerprint density at radius 2 is 2.15 bits per heavy atom. The molecule has 1 aliphatic rings. The lowest BCUT2D eigenvalue weighted by Gasteiger charge is -2.32. The Morgan fingerprint density at radius 1 is 1.31 bits per heavy atom. The molecule has 1 N–H and O–H groups in total. The van der Waals surface area contributed by atoms with E-state index in [4.69, 9.17) is 4.74 Å². The Morgan fingerprint density at radius 3 is 2.96 bits per heavy atom. The van der Waals surface area contributed by atoms with Crippen LogP contribution in [0.15, 0.2) is 47.6 Å². The van der Waals surface area contributed by atoms with Crippen molar-refractivity contribution in [2.75, 3.05) is 12.4 Å². The first-order valence-electron chi connectivity index (χ1n) is 8.10. The molecule has 0 saturated heterocycles. The van der Waals surface area contributed by atoms with Gasteiger partial charge in [0.2, 0.25) is 0 Å². The predicted molar refractivity (Wildman–Crippen MR) is 104 cm³/mol. The van der Waals surface area contributed by atoms with E-state index in [1.54, 1.807) is 17.5 Å². The first kappa shape index (κ1) is 17.0. The van der Waals surface area contributed by atoms with Gasteiger partial charge in [-0.3, -0.25) is 9.59 Å². The van der Waals surface area contributed by atoms with Crippen molar-refractivity contribution < 1.29 is 14.3 Å². The van der Waals surface area contributed by atoms with Gasteiger partial charge in [0.25, 0.3) is 0 Å². The van der Waals surface area contributed by atoms with Crippen LogP contribution < -0.4 is 5.32 Å². The maximum absolute atomic E-state index is 13.1. The minimum absolute atomic E-state index is 0.0101. The Bertz CT molecular complexity index is 955. The average Bonchev–Trinajstić information content (AvgIpc) is 3.07. The van der Waals surface area contributed by atoms with Crippen molar-refractivity contribution in [3.8, 4) is 0 Å². The lowest BCUT2D eigenvalue weighted by Crippen LogP contribution is -2.36. The number of aromatic nitrogens is 2. The van der Waals surface area contributed by atoms with Crippen LogP contribution in [0.5, 0.6) is 0 Å². The van der Waals surface area contributed by atoms with Crippen molar-refractivity contribution in [2.24, 2.45) is 0 Å². The second-order valence-corrected chi connectivity index (χ2v) is 9.00. The zero-order valence-electron chi connectivity index (χ0n) is 14.0. The first-order valence-corrected chi connectivity index (χ1v) is 10.4. The number of ether oxygens (including phenoxy) is 1. The number of hydrogen-bond donors (Lipinski definition) is 2. The number of anilines is 1. The van der Waals surface area contributed by atoms with Gasteiger partial charge in [-0.1, -0.05) is 12.1 Å². The van der Waals surface area contributed by atoms with Crippen molar-refractivity contribution >= 4 is 49.2 Å². The summed E-state index contributed by atoms with van der Waals surface area (Å²) in [5.74, 6) is 0.134. The summed E-state index contributed by atoms with van der Waals surface area (Å²) in [6, 6.07) is 11.1. The number of para-hydroxylation sites is 1. The Hall–Kier alpha value is -2.45. The summed E-state index contributed by atoms with van der Waals surface area (Å²) in [6.45, 7) is 0. The molecule has 1 aromatic carbocycles. The molecule has 2 atom stereocenters. The fourth-order valence-electron chi connectivity index (χ4n) is 2.93. The van der Waals surface area contributed by atoms with E-state index in [9.17, 15) is 9.59 Å². The zero-order chi connectivity index (χ0) is 18.1. The largest absolute Gasteiger partial charge is 0.469 e. The van der Waals surface area contributed by atoms with Gasteiger partial charge in [-0.25, -0.2) is 9.97 Å². The quantitative estimate of drug-likeness (QED) is 0.529. The molecule has 2 aromatic heterocycles. The Labute approximate surface area is 157 Å². The molecular weight excluding hydrogens is 370 g/mol. The number of fused-ring (bicyclic) bond motifs is 2. The molecule has 1 aliphatic heterocycles. The smallest absolute Gasteiger partial charge is 0.308 e. The third kappa shape index (κ3) is 3.17. The Balaban J connectivity index is 1.67. The maximum atomic E-state index is 13.1. The van der Waals surface area contributed by atoms with Gasteiger partial charge in [0.05, 0.1) is 29.4 Å². The lowest BCUT2D eigenvalue weighted by atomic mass is 10.2. The summed E-state index contributed by atoms with van der Waals surface area (Å²) in [5.41, 5.74) is 1.76. The van der Waals surface area contributed by atoms with E-state index >= 15 is 0 Å². The molecule has 0 bridgehead atoms. The molecule has 6 nitrogen and oxygen atoms in total. The highest BCUT2D eigenvalue weighted by Crippen LogP contribution is 2.48. The summed E-state index contributed by atoms with van der Waals surface area (Å²) in [5, 5.41) is 4.84. The van der Waals surface area contributed by atoms with Crippen LogP contribution in [0.4, 0.5) is 5.69 Å². The molecule has 26 heavy (non-hydrogen) atoms. The van der Waals surface area contributed by atoms with Crippen molar-refractivity contribution in [3.05, 3.63) is 47.6 Å².